The molecule has 150 valence electrons. The lowest BCUT2D eigenvalue weighted by atomic mass is 10.3. The van der Waals surface area contributed by atoms with Crippen molar-refractivity contribution < 1.29 is 9.53 Å². The molecule has 1 fully saturated rings. The molecule has 1 amide bonds. The molecule has 0 unspecified atom stereocenters. The Morgan fingerprint density at radius 1 is 1.10 bits per heavy atom. The van der Waals surface area contributed by atoms with E-state index >= 15 is 0 Å². The van der Waals surface area contributed by atoms with E-state index in [0.29, 0.717) is 32.7 Å². The Morgan fingerprint density at radius 2 is 1.83 bits per heavy atom. The number of benzene rings is 2. The monoisotopic (exact) mass is 448 g/mol. The summed E-state index contributed by atoms with van der Waals surface area (Å²) in [6.45, 7) is 0.264. The summed E-state index contributed by atoms with van der Waals surface area (Å²) in [7, 11) is 0. The molecule has 4 rings (SSSR count). The van der Waals surface area contributed by atoms with Crippen molar-refractivity contribution in [1.29, 1.82) is 0 Å². The van der Waals surface area contributed by atoms with Crippen LogP contribution in [0.15, 0.2) is 53.7 Å². The molecular formula is C20H18Cl2N4O2S. The lowest BCUT2D eigenvalue weighted by Crippen LogP contribution is -2.15. The van der Waals surface area contributed by atoms with Crippen molar-refractivity contribution in [2.24, 2.45) is 0 Å². The van der Waals surface area contributed by atoms with Crippen LogP contribution in [-0.4, -0.2) is 26.4 Å². The van der Waals surface area contributed by atoms with Crippen molar-refractivity contribution in [3.05, 3.63) is 64.4 Å². The van der Waals surface area contributed by atoms with Crippen LogP contribution in [0.2, 0.25) is 10.0 Å². The molecule has 9 heteroatoms. The molecule has 0 aliphatic heterocycles. The van der Waals surface area contributed by atoms with Gasteiger partial charge in [-0.2, -0.15) is 0 Å². The zero-order valence-corrected chi connectivity index (χ0v) is 17.7. The van der Waals surface area contributed by atoms with E-state index in [1.165, 1.54) is 11.8 Å². The summed E-state index contributed by atoms with van der Waals surface area (Å²) in [6, 6.07) is 14.8. The zero-order valence-electron chi connectivity index (χ0n) is 15.3. The third-order valence-corrected chi connectivity index (χ3v) is 5.91. The maximum atomic E-state index is 12.3. The van der Waals surface area contributed by atoms with Crippen LogP contribution in [-0.2, 0) is 11.4 Å². The number of nitrogens with zero attached hydrogens (tertiary/aromatic N) is 3. The van der Waals surface area contributed by atoms with Crippen LogP contribution in [0.5, 0.6) is 5.75 Å². The van der Waals surface area contributed by atoms with Gasteiger partial charge in [0.15, 0.2) is 11.0 Å². The largest absolute Gasteiger partial charge is 0.484 e. The number of aromatic nitrogens is 3. The van der Waals surface area contributed by atoms with Gasteiger partial charge in [0.05, 0.1) is 21.5 Å². The predicted octanol–water partition coefficient (Wildman–Crippen LogP) is 5.23. The fourth-order valence-corrected chi connectivity index (χ4v) is 3.98. The molecule has 1 aliphatic rings. The van der Waals surface area contributed by atoms with Crippen LogP contribution < -0.4 is 10.1 Å². The minimum absolute atomic E-state index is 0.151. The molecule has 0 bridgehead atoms. The molecule has 2 aromatic carbocycles. The van der Waals surface area contributed by atoms with Crippen molar-refractivity contribution in [3.63, 3.8) is 0 Å². The number of halogens is 2. The standard InChI is InChI=1S/C20H18Cl2N4O2S/c21-14-5-1-3-7-16(14)23-19(27)12-29-20-25-24-18(26(20)13-9-10-13)11-28-17-8-4-2-6-15(17)22/h1-8,13H,9-12H2,(H,23,27). The maximum absolute atomic E-state index is 12.3. The van der Waals surface area contributed by atoms with E-state index in [2.05, 4.69) is 20.1 Å². The van der Waals surface area contributed by atoms with Gasteiger partial charge in [-0.25, -0.2) is 0 Å². The Hall–Kier alpha value is -2.22. The molecule has 1 heterocycles. The number of thioether (sulfide) groups is 1. The first-order valence-electron chi connectivity index (χ1n) is 9.10. The van der Waals surface area contributed by atoms with E-state index in [1.807, 2.05) is 30.3 Å². The Morgan fingerprint density at radius 3 is 2.55 bits per heavy atom. The van der Waals surface area contributed by atoms with Crippen LogP contribution in [0.1, 0.15) is 24.7 Å². The number of rotatable bonds is 8. The number of carbonyl (C=O) groups is 1. The van der Waals surface area contributed by atoms with Gasteiger partial charge in [0, 0.05) is 6.04 Å². The van der Waals surface area contributed by atoms with Gasteiger partial charge in [-0.3, -0.25) is 9.36 Å². The third-order valence-electron chi connectivity index (χ3n) is 4.32. The third kappa shape index (κ3) is 5.04. The van der Waals surface area contributed by atoms with Gasteiger partial charge < -0.3 is 10.1 Å². The first-order valence-corrected chi connectivity index (χ1v) is 10.8. The van der Waals surface area contributed by atoms with Crippen LogP contribution >= 0.6 is 35.0 Å². The SMILES string of the molecule is O=C(CSc1nnc(COc2ccccc2Cl)n1C1CC1)Nc1ccccc1Cl. The second-order valence-corrected chi connectivity index (χ2v) is 8.29. The first-order chi connectivity index (χ1) is 14.1. The van der Waals surface area contributed by atoms with E-state index in [-0.39, 0.29) is 18.3 Å². The first kappa shape index (κ1) is 20.1. The number of ether oxygens (including phenoxy) is 1. The Balaban J connectivity index is 1.40. The quantitative estimate of drug-likeness (QED) is 0.477. The van der Waals surface area contributed by atoms with Crippen molar-refractivity contribution in [2.75, 3.05) is 11.1 Å². The highest BCUT2D eigenvalue weighted by Crippen LogP contribution is 2.39. The fourth-order valence-electron chi connectivity index (χ4n) is 2.79. The van der Waals surface area contributed by atoms with Gasteiger partial charge in [-0.1, -0.05) is 59.2 Å². The van der Waals surface area contributed by atoms with E-state index in [1.54, 1.807) is 18.2 Å². The normalized spacial score (nSPS) is 13.3. The van der Waals surface area contributed by atoms with E-state index < -0.39 is 0 Å². The molecule has 29 heavy (non-hydrogen) atoms. The van der Waals surface area contributed by atoms with Crippen molar-refractivity contribution in [2.45, 2.75) is 30.6 Å². The van der Waals surface area contributed by atoms with E-state index in [4.69, 9.17) is 27.9 Å². The highest BCUT2D eigenvalue weighted by molar-refractivity contribution is 7.99. The number of carbonyl (C=O) groups excluding carboxylic acids is 1. The number of amides is 1. The minimum atomic E-state index is -0.151. The molecule has 1 N–H and O–H groups in total. The highest BCUT2D eigenvalue weighted by Gasteiger charge is 2.30. The summed E-state index contributed by atoms with van der Waals surface area (Å²) in [5, 5.41) is 13.1. The van der Waals surface area contributed by atoms with Gasteiger partial charge >= 0.3 is 0 Å². The molecular weight excluding hydrogens is 431 g/mol. The Bertz CT molecular complexity index is 1020. The summed E-state index contributed by atoms with van der Waals surface area (Å²) >= 11 is 13.6. The topological polar surface area (TPSA) is 69.0 Å². The summed E-state index contributed by atoms with van der Waals surface area (Å²) < 4.78 is 7.87. The molecule has 1 aromatic heterocycles. The fraction of sp³-hybridized carbons (Fsp3) is 0.250. The molecule has 3 aromatic rings. The molecule has 1 aliphatic carbocycles. The molecule has 0 atom stereocenters. The number of nitrogens with one attached hydrogen (secondary N) is 1. The molecule has 0 radical (unpaired) electrons. The number of para-hydroxylation sites is 2. The second-order valence-electron chi connectivity index (χ2n) is 6.54. The van der Waals surface area contributed by atoms with Crippen LogP contribution in [0, 0.1) is 0 Å². The molecule has 0 spiro atoms. The van der Waals surface area contributed by atoms with Gasteiger partial charge in [-0.15, -0.1) is 10.2 Å². The van der Waals surface area contributed by atoms with Gasteiger partial charge in [0.1, 0.15) is 12.4 Å². The predicted molar refractivity (Wildman–Crippen MR) is 115 cm³/mol. The average molecular weight is 449 g/mol. The summed E-state index contributed by atoms with van der Waals surface area (Å²) in [4.78, 5) is 12.3. The van der Waals surface area contributed by atoms with Gasteiger partial charge in [-0.05, 0) is 37.1 Å². The molecule has 0 saturated heterocycles. The van der Waals surface area contributed by atoms with Gasteiger partial charge in [0.2, 0.25) is 5.91 Å². The Kier molecular flexibility index (Phi) is 6.28. The highest BCUT2D eigenvalue weighted by atomic mass is 35.5. The van der Waals surface area contributed by atoms with Crippen molar-refractivity contribution in [1.82, 2.24) is 14.8 Å². The molecule has 1 saturated carbocycles. The number of anilines is 1. The van der Waals surface area contributed by atoms with Crippen LogP contribution in [0.4, 0.5) is 5.69 Å². The second kappa shape index (κ2) is 9.07. The van der Waals surface area contributed by atoms with E-state index in [0.717, 1.165) is 18.7 Å². The van der Waals surface area contributed by atoms with E-state index in [9.17, 15) is 4.79 Å². The smallest absolute Gasteiger partial charge is 0.234 e. The summed E-state index contributed by atoms with van der Waals surface area (Å²) in [5.74, 6) is 1.39. The van der Waals surface area contributed by atoms with Crippen LogP contribution in [0.25, 0.3) is 0 Å². The minimum Gasteiger partial charge on any atom is -0.484 e. The lowest BCUT2D eigenvalue weighted by molar-refractivity contribution is -0.113. The maximum Gasteiger partial charge on any atom is 0.234 e. The average Bonchev–Trinajstić information content (AvgIpc) is 3.47. The summed E-state index contributed by atoms with van der Waals surface area (Å²) in [5.41, 5.74) is 0.595. The number of hydrogen-bond acceptors (Lipinski definition) is 5. The van der Waals surface area contributed by atoms with Crippen molar-refractivity contribution >= 4 is 46.6 Å². The van der Waals surface area contributed by atoms with Gasteiger partial charge in [0.25, 0.3) is 0 Å². The molecule has 6 nitrogen and oxygen atoms in total. The van der Waals surface area contributed by atoms with Crippen molar-refractivity contribution in [3.8, 4) is 5.75 Å². The van der Waals surface area contributed by atoms with Crippen LogP contribution in [0.3, 0.4) is 0 Å². The summed E-state index contributed by atoms with van der Waals surface area (Å²) in [6.07, 6.45) is 2.13. The Labute approximate surface area is 182 Å². The zero-order chi connectivity index (χ0) is 20.2. The number of hydrogen-bond donors (Lipinski definition) is 1. The lowest BCUT2D eigenvalue weighted by Gasteiger charge is -2.11.